The molecule has 80 valence electrons. The Labute approximate surface area is 86.4 Å². The maximum atomic E-state index is 5.98. The van der Waals surface area contributed by atoms with E-state index in [0.717, 1.165) is 6.42 Å². The first-order chi connectivity index (χ1) is 7.13. The summed E-state index contributed by atoms with van der Waals surface area (Å²) in [6.45, 7) is 3.82. The standard InChI is InChI=1S/C9H12N4O2/c1-3-9(2,10)8-11-7(15-13-8)6-4-5-14-12-6/h4-5H,3,10H2,1-2H3. The van der Waals surface area contributed by atoms with Crippen molar-refractivity contribution in [2.24, 2.45) is 5.73 Å². The molecule has 0 saturated heterocycles. The summed E-state index contributed by atoms with van der Waals surface area (Å²) in [5, 5.41) is 7.52. The molecule has 2 aromatic rings. The van der Waals surface area contributed by atoms with Crippen LogP contribution in [0.5, 0.6) is 0 Å². The molecule has 0 aliphatic heterocycles. The average molecular weight is 208 g/mol. The highest BCUT2D eigenvalue weighted by Crippen LogP contribution is 2.21. The highest BCUT2D eigenvalue weighted by Gasteiger charge is 2.26. The number of rotatable bonds is 3. The largest absolute Gasteiger partial charge is 0.364 e. The number of aromatic nitrogens is 3. The van der Waals surface area contributed by atoms with Gasteiger partial charge in [-0.3, -0.25) is 0 Å². The molecule has 0 aliphatic rings. The van der Waals surface area contributed by atoms with Crippen LogP contribution in [0.3, 0.4) is 0 Å². The van der Waals surface area contributed by atoms with Crippen LogP contribution in [-0.2, 0) is 5.54 Å². The lowest BCUT2D eigenvalue weighted by Crippen LogP contribution is -2.33. The van der Waals surface area contributed by atoms with Crippen molar-refractivity contribution in [2.45, 2.75) is 25.8 Å². The zero-order valence-corrected chi connectivity index (χ0v) is 8.60. The summed E-state index contributed by atoms with van der Waals surface area (Å²) in [6, 6.07) is 1.65. The van der Waals surface area contributed by atoms with E-state index in [1.54, 1.807) is 6.07 Å². The van der Waals surface area contributed by atoms with Crippen LogP contribution in [0.4, 0.5) is 0 Å². The molecule has 0 amide bonds. The Morgan fingerprint density at radius 3 is 2.87 bits per heavy atom. The maximum Gasteiger partial charge on any atom is 0.280 e. The Kier molecular flexibility index (Phi) is 2.28. The zero-order chi connectivity index (χ0) is 10.9. The molecule has 0 fully saturated rings. The average Bonchev–Trinajstić information content (AvgIpc) is 2.88. The first-order valence-electron chi connectivity index (χ1n) is 4.67. The van der Waals surface area contributed by atoms with Crippen molar-refractivity contribution in [1.82, 2.24) is 15.3 Å². The monoisotopic (exact) mass is 208 g/mol. The molecule has 15 heavy (non-hydrogen) atoms. The first-order valence-corrected chi connectivity index (χ1v) is 4.67. The minimum atomic E-state index is -0.578. The molecule has 0 saturated carbocycles. The molecule has 0 radical (unpaired) electrons. The minimum Gasteiger partial charge on any atom is -0.364 e. The maximum absolute atomic E-state index is 5.98. The third kappa shape index (κ3) is 1.75. The molecule has 2 N–H and O–H groups in total. The van der Waals surface area contributed by atoms with Crippen molar-refractivity contribution < 1.29 is 9.05 Å². The van der Waals surface area contributed by atoms with Crippen LogP contribution in [0.2, 0.25) is 0 Å². The van der Waals surface area contributed by atoms with Gasteiger partial charge in [-0.25, -0.2) is 0 Å². The van der Waals surface area contributed by atoms with E-state index in [-0.39, 0.29) is 0 Å². The van der Waals surface area contributed by atoms with Gasteiger partial charge in [-0.1, -0.05) is 17.2 Å². The second-order valence-electron chi connectivity index (χ2n) is 3.58. The van der Waals surface area contributed by atoms with Crippen molar-refractivity contribution in [2.75, 3.05) is 0 Å². The summed E-state index contributed by atoms with van der Waals surface area (Å²) in [6.07, 6.45) is 2.17. The number of hydrogen-bond donors (Lipinski definition) is 1. The Morgan fingerprint density at radius 2 is 2.27 bits per heavy atom. The molecule has 0 bridgehead atoms. The van der Waals surface area contributed by atoms with Gasteiger partial charge in [0, 0.05) is 6.07 Å². The van der Waals surface area contributed by atoms with E-state index in [4.69, 9.17) is 10.3 Å². The second kappa shape index (κ2) is 3.47. The highest BCUT2D eigenvalue weighted by molar-refractivity contribution is 5.44. The summed E-state index contributed by atoms with van der Waals surface area (Å²) >= 11 is 0. The topological polar surface area (TPSA) is 91.0 Å². The molecule has 2 rings (SSSR count). The van der Waals surface area contributed by atoms with E-state index in [1.807, 2.05) is 13.8 Å². The van der Waals surface area contributed by atoms with E-state index < -0.39 is 5.54 Å². The third-order valence-electron chi connectivity index (χ3n) is 2.33. The Hall–Kier alpha value is -1.69. The fourth-order valence-electron chi connectivity index (χ4n) is 1.04. The number of nitrogens with two attached hydrogens (primary N) is 1. The molecule has 1 unspecified atom stereocenters. The van der Waals surface area contributed by atoms with E-state index in [9.17, 15) is 0 Å². The molecule has 6 nitrogen and oxygen atoms in total. The van der Waals surface area contributed by atoms with Gasteiger partial charge in [-0.2, -0.15) is 4.98 Å². The lowest BCUT2D eigenvalue weighted by Gasteiger charge is -2.16. The minimum absolute atomic E-state index is 0.323. The molecule has 6 heteroatoms. The highest BCUT2D eigenvalue weighted by atomic mass is 16.5. The molecule has 2 heterocycles. The molecule has 2 aromatic heterocycles. The van der Waals surface area contributed by atoms with Gasteiger partial charge in [-0.15, -0.1) is 0 Å². The molecule has 0 aromatic carbocycles. The van der Waals surface area contributed by atoms with Gasteiger partial charge in [0.1, 0.15) is 6.26 Å². The van der Waals surface area contributed by atoms with Crippen LogP contribution in [0.1, 0.15) is 26.1 Å². The number of hydrogen-bond acceptors (Lipinski definition) is 6. The van der Waals surface area contributed by atoms with Crippen molar-refractivity contribution in [3.05, 3.63) is 18.2 Å². The summed E-state index contributed by atoms with van der Waals surface area (Å²) in [5.41, 5.74) is 5.91. The quantitative estimate of drug-likeness (QED) is 0.817. The Balaban J connectivity index is 2.33. The van der Waals surface area contributed by atoms with Crippen LogP contribution in [0, 0.1) is 0 Å². The SMILES string of the molecule is CCC(C)(N)c1noc(-c2ccon2)n1. The van der Waals surface area contributed by atoms with Crippen LogP contribution < -0.4 is 5.73 Å². The van der Waals surface area contributed by atoms with E-state index in [0.29, 0.717) is 17.4 Å². The normalized spacial score (nSPS) is 15.1. The van der Waals surface area contributed by atoms with Crippen molar-refractivity contribution in [1.29, 1.82) is 0 Å². The Bertz CT molecular complexity index is 433. The van der Waals surface area contributed by atoms with Crippen molar-refractivity contribution in [3.8, 4) is 11.6 Å². The van der Waals surface area contributed by atoms with Crippen LogP contribution in [-0.4, -0.2) is 15.3 Å². The molecular weight excluding hydrogens is 196 g/mol. The molecular formula is C9H12N4O2. The van der Waals surface area contributed by atoms with Gasteiger partial charge in [0.15, 0.2) is 11.5 Å². The summed E-state index contributed by atoms with van der Waals surface area (Å²) in [4.78, 5) is 4.17. The molecule has 0 spiro atoms. The summed E-state index contributed by atoms with van der Waals surface area (Å²) in [5.74, 6) is 0.798. The van der Waals surface area contributed by atoms with E-state index in [1.165, 1.54) is 6.26 Å². The van der Waals surface area contributed by atoms with E-state index >= 15 is 0 Å². The third-order valence-corrected chi connectivity index (χ3v) is 2.33. The van der Waals surface area contributed by atoms with Crippen molar-refractivity contribution in [3.63, 3.8) is 0 Å². The van der Waals surface area contributed by atoms with Gasteiger partial charge in [0.2, 0.25) is 0 Å². The smallest absolute Gasteiger partial charge is 0.280 e. The fraction of sp³-hybridized carbons (Fsp3) is 0.444. The predicted molar refractivity (Wildman–Crippen MR) is 51.6 cm³/mol. The van der Waals surface area contributed by atoms with Gasteiger partial charge < -0.3 is 14.8 Å². The fourth-order valence-corrected chi connectivity index (χ4v) is 1.04. The molecule has 0 aliphatic carbocycles. The van der Waals surface area contributed by atoms with E-state index in [2.05, 4.69) is 19.8 Å². The van der Waals surface area contributed by atoms with Gasteiger partial charge in [-0.05, 0) is 13.3 Å². The Morgan fingerprint density at radius 1 is 1.47 bits per heavy atom. The summed E-state index contributed by atoms with van der Waals surface area (Å²) < 4.78 is 9.71. The van der Waals surface area contributed by atoms with Gasteiger partial charge in [0.25, 0.3) is 5.89 Å². The predicted octanol–water partition coefficient (Wildman–Crippen LogP) is 1.31. The lowest BCUT2D eigenvalue weighted by molar-refractivity contribution is 0.374. The zero-order valence-electron chi connectivity index (χ0n) is 8.60. The van der Waals surface area contributed by atoms with Crippen LogP contribution in [0.25, 0.3) is 11.6 Å². The van der Waals surface area contributed by atoms with Crippen LogP contribution in [0.15, 0.2) is 21.4 Å². The lowest BCUT2D eigenvalue weighted by atomic mass is 10.0. The van der Waals surface area contributed by atoms with Gasteiger partial charge in [0.05, 0.1) is 5.54 Å². The number of nitrogens with zero attached hydrogens (tertiary/aromatic N) is 3. The summed E-state index contributed by atoms with van der Waals surface area (Å²) in [7, 11) is 0. The first kappa shape index (κ1) is 9.85. The second-order valence-corrected chi connectivity index (χ2v) is 3.58. The molecule has 1 atom stereocenters. The van der Waals surface area contributed by atoms with Gasteiger partial charge >= 0.3 is 0 Å². The van der Waals surface area contributed by atoms with Crippen molar-refractivity contribution >= 4 is 0 Å². The van der Waals surface area contributed by atoms with Crippen LogP contribution >= 0.6 is 0 Å².